The Morgan fingerprint density at radius 3 is 2.42 bits per heavy atom. The number of halogens is 1. The number of non-ortho nitro benzene ring substituents is 1. The van der Waals surface area contributed by atoms with Gasteiger partial charge in [-0.05, 0) is 46.3 Å². The highest BCUT2D eigenvalue weighted by molar-refractivity contribution is 9.10. The largest absolute Gasteiger partial charge is 0.497 e. The van der Waals surface area contributed by atoms with E-state index in [0.29, 0.717) is 0 Å². The highest BCUT2D eigenvalue weighted by Crippen LogP contribution is 2.35. The average molecular weight is 340 g/mol. The zero-order valence-electron chi connectivity index (χ0n) is 10.00. The lowest BCUT2D eigenvalue weighted by atomic mass is 10.3. The maximum Gasteiger partial charge on any atom is 0.269 e. The molecule has 0 fully saturated rings. The van der Waals surface area contributed by atoms with Crippen molar-refractivity contribution in [3.63, 3.8) is 0 Å². The van der Waals surface area contributed by atoms with Gasteiger partial charge in [0.2, 0.25) is 0 Å². The molecule has 0 bridgehead atoms. The van der Waals surface area contributed by atoms with E-state index in [9.17, 15) is 10.1 Å². The second-order valence-electron chi connectivity index (χ2n) is 3.65. The van der Waals surface area contributed by atoms with E-state index in [1.807, 2.05) is 18.2 Å². The van der Waals surface area contributed by atoms with Crippen LogP contribution in [0.15, 0.2) is 56.7 Å². The van der Waals surface area contributed by atoms with E-state index in [0.717, 1.165) is 20.0 Å². The van der Waals surface area contributed by atoms with Crippen LogP contribution in [0.2, 0.25) is 0 Å². The van der Waals surface area contributed by atoms with Gasteiger partial charge in [-0.15, -0.1) is 0 Å². The monoisotopic (exact) mass is 339 g/mol. The summed E-state index contributed by atoms with van der Waals surface area (Å²) >= 11 is 5.00. The summed E-state index contributed by atoms with van der Waals surface area (Å²) in [5, 5.41) is 10.6. The molecule has 98 valence electrons. The van der Waals surface area contributed by atoms with Crippen molar-refractivity contribution in [3.05, 3.63) is 57.1 Å². The third kappa shape index (κ3) is 3.48. The third-order valence-corrected chi connectivity index (χ3v) is 4.42. The molecule has 2 rings (SSSR count). The third-order valence-electron chi connectivity index (χ3n) is 2.41. The molecule has 2 aromatic rings. The van der Waals surface area contributed by atoms with Crippen molar-refractivity contribution in [2.75, 3.05) is 7.11 Å². The van der Waals surface area contributed by atoms with Gasteiger partial charge in [-0.25, -0.2) is 0 Å². The summed E-state index contributed by atoms with van der Waals surface area (Å²) in [7, 11) is 1.62. The molecule has 6 heteroatoms. The quantitative estimate of drug-likeness (QED) is 0.607. The lowest BCUT2D eigenvalue weighted by Crippen LogP contribution is -1.87. The molecule has 0 aliphatic heterocycles. The SMILES string of the molecule is COc1ccc(Sc2ccc([N+](=O)[O-])cc2)c(Br)c1. The fraction of sp³-hybridized carbons (Fsp3) is 0.0769. The first-order chi connectivity index (χ1) is 9.10. The fourth-order valence-electron chi connectivity index (χ4n) is 1.45. The van der Waals surface area contributed by atoms with Crippen LogP contribution in [0, 0.1) is 10.1 Å². The van der Waals surface area contributed by atoms with Crippen LogP contribution in [0.4, 0.5) is 5.69 Å². The van der Waals surface area contributed by atoms with Crippen LogP contribution < -0.4 is 4.74 Å². The van der Waals surface area contributed by atoms with Crippen LogP contribution in [-0.2, 0) is 0 Å². The first-order valence-corrected chi connectivity index (χ1v) is 6.97. The van der Waals surface area contributed by atoms with Crippen molar-refractivity contribution in [3.8, 4) is 5.75 Å². The molecule has 0 saturated carbocycles. The van der Waals surface area contributed by atoms with Gasteiger partial charge >= 0.3 is 0 Å². The van der Waals surface area contributed by atoms with Gasteiger partial charge in [-0.1, -0.05) is 11.8 Å². The van der Waals surface area contributed by atoms with E-state index in [1.54, 1.807) is 19.2 Å². The van der Waals surface area contributed by atoms with E-state index in [1.165, 1.54) is 23.9 Å². The van der Waals surface area contributed by atoms with Crippen LogP contribution in [0.1, 0.15) is 0 Å². The molecule has 0 aliphatic rings. The molecule has 19 heavy (non-hydrogen) atoms. The molecule has 0 unspecified atom stereocenters. The number of rotatable bonds is 4. The summed E-state index contributed by atoms with van der Waals surface area (Å²) < 4.78 is 6.05. The lowest BCUT2D eigenvalue weighted by Gasteiger charge is -2.06. The summed E-state index contributed by atoms with van der Waals surface area (Å²) in [6.45, 7) is 0. The Kier molecular flexibility index (Phi) is 4.44. The van der Waals surface area contributed by atoms with Gasteiger partial charge in [0, 0.05) is 26.4 Å². The van der Waals surface area contributed by atoms with Crippen LogP contribution in [0.5, 0.6) is 5.75 Å². The fourth-order valence-corrected chi connectivity index (χ4v) is 2.87. The van der Waals surface area contributed by atoms with E-state index in [4.69, 9.17) is 4.74 Å². The van der Waals surface area contributed by atoms with Gasteiger partial charge in [0.1, 0.15) is 5.75 Å². The van der Waals surface area contributed by atoms with Crippen LogP contribution in [0.3, 0.4) is 0 Å². The summed E-state index contributed by atoms with van der Waals surface area (Å²) in [6, 6.07) is 12.2. The number of ether oxygens (including phenoxy) is 1. The predicted molar refractivity (Wildman–Crippen MR) is 77.9 cm³/mol. The van der Waals surface area contributed by atoms with E-state index in [2.05, 4.69) is 15.9 Å². The first kappa shape index (κ1) is 13.9. The van der Waals surface area contributed by atoms with E-state index in [-0.39, 0.29) is 5.69 Å². The Labute approximate surface area is 123 Å². The first-order valence-electron chi connectivity index (χ1n) is 5.36. The van der Waals surface area contributed by atoms with Crippen molar-refractivity contribution in [2.24, 2.45) is 0 Å². The maximum absolute atomic E-state index is 10.6. The average Bonchev–Trinajstić information content (AvgIpc) is 2.41. The Bertz CT molecular complexity index is 601. The number of nitro benzene ring substituents is 1. The van der Waals surface area contributed by atoms with Gasteiger partial charge in [0.25, 0.3) is 5.69 Å². The molecule has 0 saturated heterocycles. The standard InChI is InChI=1S/C13H10BrNO3S/c1-18-10-4-7-13(12(14)8-10)19-11-5-2-9(3-6-11)15(16)17/h2-8H,1H3. The van der Waals surface area contributed by atoms with Gasteiger partial charge < -0.3 is 4.74 Å². The molecule has 2 aromatic carbocycles. The van der Waals surface area contributed by atoms with E-state index < -0.39 is 4.92 Å². The number of nitrogens with zero attached hydrogens (tertiary/aromatic N) is 1. The molecule has 0 heterocycles. The Balaban J connectivity index is 2.19. The summed E-state index contributed by atoms with van der Waals surface area (Å²) in [5.74, 6) is 0.778. The second-order valence-corrected chi connectivity index (χ2v) is 5.62. The lowest BCUT2D eigenvalue weighted by molar-refractivity contribution is -0.384. The predicted octanol–water partition coefficient (Wildman–Crippen LogP) is 4.52. The van der Waals surface area contributed by atoms with Gasteiger partial charge in [0.15, 0.2) is 0 Å². The molecule has 0 amide bonds. The zero-order valence-corrected chi connectivity index (χ0v) is 12.4. The molecular weight excluding hydrogens is 330 g/mol. The molecule has 0 aliphatic carbocycles. The maximum atomic E-state index is 10.6. The molecular formula is C13H10BrNO3S. The summed E-state index contributed by atoms with van der Waals surface area (Å²) in [5.41, 5.74) is 0.0955. The Morgan fingerprint density at radius 2 is 1.89 bits per heavy atom. The van der Waals surface area contributed by atoms with Crippen molar-refractivity contribution in [1.29, 1.82) is 0 Å². The number of benzene rings is 2. The van der Waals surface area contributed by atoms with Crippen molar-refractivity contribution in [2.45, 2.75) is 9.79 Å². The minimum absolute atomic E-state index is 0.0955. The topological polar surface area (TPSA) is 52.4 Å². The smallest absolute Gasteiger partial charge is 0.269 e. The van der Waals surface area contributed by atoms with Gasteiger partial charge in [-0.3, -0.25) is 10.1 Å². The normalized spacial score (nSPS) is 10.2. The van der Waals surface area contributed by atoms with Crippen LogP contribution >= 0.6 is 27.7 Å². The number of nitro groups is 1. The molecule has 0 spiro atoms. The molecule has 4 nitrogen and oxygen atoms in total. The van der Waals surface area contributed by atoms with Gasteiger partial charge in [-0.2, -0.15) is 0 Å². The number of hydrogen-bond donors (Lipinski definition) is 0. The molecule has 0 aromatic heterocycles. The highest BCUT2D eigenvalue weighted by Gasteiger charge is 2.07. The van der Waals surface area contributed by atoms with Crippen LogP contribution in [-0.4, -0.2) is 12.0 Å². The second kappa shape index (κ2) is 6.08. The van der Waals surface area contributed by atoms with Crippen molar-refractivity contribution < 1.29 is 9.66 Å². The summed E-state index contributed by atoms with van der Waals surface area (Å²) in [6.07, 6.45) is 0. The van der Waals surface area contributed by atoms with Crippen LogP contribution in [0.25, 0.3) is 0 Å². The summed E-state index contributed by atoms with van der Waals surface area (Å²) in [4.78, 5) is 12.1. The Morgan fingerprint density at radius 1 is 1.21 bits per heavy atom. The van der Waals surface area contributed by atoms with Crippen molar-refractivity contribution >= 4 is 33.4 Å². The minimum atomic E-state index is -0.405. The van der Waals surface area contributed by atoms with Gasteiger partial charge in [0.05, 0.1) is 12.0 Å². The number of hydrogen-bond acceptors (Lipinski definition) is 4. The molecule has 0 atom stereocenters. The Hall–Kier alpha value is -1.53. The van der Waals surface area contributed by atoms with E-state index >= 15 is 0 Å². The molecule has 0 N–H and O–H groups in total. The minimum Gasteiger partial charge on any atom is -0.497 e. The molecule has 0 radical (unpaired) electrons. The highest BCUT2D eigenvalue weighted by atomic mass is 79.9. The number of methoxy groups -OCH3 is 1. The van der Waals surface area contributed by atoms with Crippen molar-refractivity contribution in [1.82, 2.24) is 0 Å². The zero-order chi connectivity index (χ0) is 13.8.